The topological polar surface area (TPSA) is 125 Å². The second-order valence-electron chi connectivity index (χ2n) is 6.87. The first-order valence-electron chi connectivity index (χ1n) is 9.04. The van der Waals surface area contributed by atoms with E-state index in [1.807, 2.05) is 6.92 Å². The fourth-order valence-corrected chi connectivity index (χ4v) is 3.09. The number of hydrogen-bond donors (Lipinski definition) is 3. The van der Waals surface area contributed by atoms with Crippen molar-refractivity contribution in [3.63, 3.8) is 0 Å². The van der Waals surface area contributed by atoms with Crippen LogP contribution in [0.5, 0.6) is 0 Å². The number of urea groups is 1. The summed E-state index contributed by atoms with van der Waals surface area (Å²) < 4.78 is 4.50. The number of aliphatic carboxylic acids is 1. The molecule has 0 radical (unpaired) electrons. The summed E-state index contributed by atoms with van der Waals surface area (Å²) >= 11 is 0. The molecule has 2 rings (SSSR count). The summed E-state index contributed by atoms with van der Waals surface area (Å²) in [6, 6.07) is 5.93. The van der Waals surface area contributed by atoms with Gasteiger partial charge in [-0.25, -0.2) is 4.79 Å². The molecule has 2 unspecified atom stereocenters. The zero-order chi connectivity index (χ0) is 20.7. The Hall–Kier alpha value is -3.10. The van der Waals surface area contributed by atoms with E-state index in [4.69, 9.17) is 0 Å². The summed E-state index contributed by atoms with van der Waals surface area (Å²) in [6.45, 7) is 2.76. The number of carbonyl (C=O) groups is 4. The first-order valence-corrected chi connectivity index (χ1v) is 9.04. The van der Waals surface area contributed by atoms with E-state index in [9.17, 15) is 24.3 Å². The van der Waals surface area contributed by atoms with Crippen molar-refractivity contribution in [2.24, 2.45) is 11.8 Å². The predicted octanol–water partition coefficient (Wildman–Crippen LogP) is 1.55. The van der Waals surface area contributed by atoms with Crippen LogP contribution in [0.25, 0.3) is 0 Å². The van der Waals surface area contributed by atoms with Crippen LogP contribution in [0.1, 0.15) is 30.1 Å². The number of hydrogen-bond acceptors (Lipinski definition) is 5. The number of likely N-dealkylation sites (tertiary alicyclic amines) is 1. The van der Waals surface area contributed by atoms with Crippen LogP contribution < -0.4 is 10.6 Å². The molecule has 1 aromatic carbocycles. The molecule has 3 N–H and O–H groups in total. The number of esters is 1. The highest BCUT2D eigenvalue weighted by Gasteiger charge is 2.31. The number of ether oxygens (including phenoxy) is 1. The van der Waals surface area contributed by atoms with E-state index in [0.29, 0.717) is 24.2 Å². The monoisotopic (exact) mass is 391 g/mol. The van der Waals surface area contributed by atoms with Gasteiger partial charge in [-0.15, -0.1) is 0 Å². The zero-order valence-corrected chi connectivity index (χ0v) is 15.9. The second-order valence-corrected chi connectivity index (χ2v) is 6.87. The van der Waals surface area contributed by atoms with E-state index in [1.165, 1.54) is 12.0 Å². The van der Waals surface area contributed by atoms with Crippen molar-refractivity contribution in [3.8, 4) is 0 Å². The van der Waals surface area contributed by atoms with Gasteiger partial charge in [0.2, 0.25) is 0 Å². The second kappa shape index (κ2) is 9.72. The van der Waals surface area contributed by atoms with E-state index < -0.39 is 17.9 Å². The van der Waals surface area contributed by atoms with Crippen LogP contribution in [-0.4, -0.2) is 60.6 Å². The number of piperidine rings is 1. The van der Waals surface area contributed by atoms with Crippen molar-refractivity contribution in [2.45, 2.75) is 19.8 Å². The van der Waals surface area contributed by atoms with Gasteiger partial charge in [0.15, 0.2) is 0 Å². The maximum atomic E-state index is 12.4. The van der Waals surface area contributed by atoms with Crippen LogP contribution in [0.3, 0.4) is 0 Å². The molecule has 1 saturated heterocycles. The summed E-state index contributed by atoms with van der Waals surface area (Å²) in [6.07, 6.45) is 0.640. The van der Waals surface area contributed by atoms with Gasteiger partial charge in [-0.1, -0.05) is 6.92 Å². The van der Waals surface area contributed by atoms with Gasteiger partial charge in [0.05, 0.1) is 19.4 Å². The minimum atomic E-state index is -0.896. The van der Waals surface area contributed by atoms with Crippen molar-refractivity contribution < 1.29 is 29.0 Å². The number of nitrogens with zero attached hydrogens (tertiary/aromatic N) is 1. The average Bonchev–Trinajstić information content (AvgIpc) is 2.67. The normalized spacial score (nSPS) is 18.9. The third kappa shape index (κ3) is 5.97. The summed E-state index contributed by atoms with van der Waals surface area (Å²) in [5.74, 6) is -2.10. The molecular formula is C19H25N3O6. The molecule has 1 fully saturated rings. The minimum absolute atomic E-state index is 0.0853. The van der Waals surface area contributed by atoms with Crippen LogP contribution >= 0.6 is 0 Å². The highest BCUT2D eigenvalue weighted by atomic mass is 16.5. The molecule has 1 heterocycles. The fourth-order valence-electron chi connectivity index (χ4n) is 3.09. The Morgan fingerprint density at radius 2 is 1.86 bits per heavy atom. The lowest BCUT2D eigenvalue weighted by atomic mass is 9.91. The van der Waals surface area contributed by atoms with Gasteiger partial charge in [0.25, 0.3) is 5.91 Å². The quantitative estimate of drug-likeness (QED) is 0.632. The molecule has 28 heavy (non-hydrogen) atoms. The number of nitrogens with one attached hydrogen (secondary N) is 2. The zero-order valence-electron chi connectivity index (χ0n) is 15.9. The van der Waals surface area contributed by atoms with Gasteiger partial charge >= 0.3 is 18.0 Å². The molecule has 9 nitrogen and oxygen atoms in total. The Balaban J connectivity index is 1.89. The van der Waals surface area contributed by atoms with Crippen molar-refractivity contribution >= 4 is 29.6 Å². The molecule has 0 spiro atoms. The molecule has 2 atom stereocenters. The molecule has 9 heteroatoms. The van der Waals surface area contributed by atoms with E-state index >= 15 is 0 Å². The number of anilines is 1. The molecule has 0 bridgehead atoms. The number of methoxy groups -OCH3 is 1. The summed E-state index contributed by atoms with van der Waals surface area (Å²) in [4.78, 5) is 48.2. The highest BCUT2D eigenvalue weighted by molar-refractivity contribution is 5.95. The largest absolute Gasteiger partial charge is 0.481 e. The maximum absolute atomic E-state index is 12.4. The summed E-state index contributed by atoms with van der Waals surface area (Å²) in [7, 11) is 1.28. The Labute approximate surface area is 163 Å². The third-order valence-corrected chi connectivity index (χ3v) is 4.54. The summed E-state index contributed by atoms with van der Waals surface area (Å²) in [5.41, 5.74) is 0.890. The van der Waals surface area contributed by atoms with Gasteiger partial charge in [0, 0.05) is 30.9 Å². The Bertz CT molecular complexity index is 734. The molecule has 0 aliphatic carbocycles. The standard InChI is InChI=1S/C19H25N3O6/c1-12-9-14(18(25)26)11-22(10-12)19(27)21-15-5-3-13(4-6-15)17(24)20-8-7-16(23)28-2/h3-6,12,14H,7-11H2,1-2H3,(H,20,24)(H,21,27)(H,25,26). The lowest BCUT2D eigenvalue weighted by Crippen LogP contribution is -2.47. The van der Waals surface area contributed by atoms with Crippen molar-refractivity contribution in [1.82, 2.24) is 10.2 Å². The van der Waals surface area contributed by atoms with E-state index in [-0.39, 0.29) is 37.4 Å². The molecule has 1 aromatic rings. The number of benzene rings is 1. The predicted molar refractivity (Wildman–Crippen MR) is 101 cm³/mol. The van der Waals surface area contributed by atoms with Crippen LogP contribution in [0.4, 0.5) is 10.5 Å². The van der Waals surface area contributed by atoms with Crippen molar-refractivity contribution in [1.29, 1.82) is 0 Å². The Morgan fingerprint density at radius 1 is 1.18 bits per heavy atom. The third-order valence-electron chi connectivity index (χ3n) is 4.54. The Kier molecular flexibility index (Phi) is 7.36. The maximum Gasteiger partial charge on any atom is 0.321 e. The van der Waals surface area contributed by atoms with Gasteiger partial charge in [-0.05, 0) is 36.6 Å². The first-order chi connectivity index (χ1) is 13.3. The van der Waals surface area contributed by atoms with Crippen molar-refractivity contribution in [2.75, 3.05) is 32.1 Å². The van der Waals surface area contributed by atoms with Crippen LogP contribution in [0.2, 0.25) is 0 Å². The summed E-state index contributed by atoms with van der Waals surface area (Å²) in [5, 5.41) is 14.5. The number of carboxylic acid groups (broad SMARTS) is 1. The molecule has 0 saturated carbocycles. The van der Waals surface area contributed by atoms with Crippen LogP contribution in [0.15, 0.2) is 24.3 Å². The first kappa shape index (κ1) is 21.2. The smallest absolute Gasteiger partial charge is 0.321 e. The number of carbonyl (C=O) groups excluding carboxylic acids is 3. The molecule has 3 amide bonds. The van der Waals surface area contributed by atoms with E-state index in [2.05, 4.69) is 15.4 Å². The average molecular weight is 391 g/mol. The van der Waals surface area contributed by atoms with Crippen molar-refractivity contribution in [3.05, 3.63) is 29.8 Å². The number of rotatable bonds is 6. The molecule has 1 aliphatic rings. The molecule has 0 aromatic heterocycles. The van der Waals surface area contributed by atoms with Gasteiger partial charge < -0.3 is 25.4 Å². The van der Waals surface area contributed by atoms with Gasteiger partial charge in [0.1, 0.15) is 0 Å². The lowest BCUT2D eigenvalue weighted by molar-refractivity contribution is -0.144. The minimum Gasteiger partial charge on any atom is -0.481 e. The highest BCUT2D eigenvalue weighted by Crippen LogP contribution is 2.22. The van der Waals surface area contributed by atoms with E-state index in [1.54, 1.807) is 24.3 Å². The fraction of sp³-hybridized carbons (Fsp3) is 0.474. The van der Waals surface area contributed by atoms with Crippen LogP contribution in [0, 0.1) is 11.8 Å². The molecular weight excluding hydrogens is 366 g/mol. The number of amides is 3. The van der Waals surface area contributed by atoms with E-state index in [0.717, 1.165) is 0 Å². The van der Waals surface area contributed by atoms with Crippen LogP contribution in [-0.2, 0) is 14.3 Å². The van der Waals surface area contributed by atoms with Gasteiger partial charge in [-0.3, -0.25) is 14.4 Å². The molecule has 152 valence electrons. The number of carboxylic acids is 1. The van der Waals surface area contributed by atoms with Gasteiger partial charge in [-0.2, -0.15) is 0 Å². The lowest BCUT2D eigenvalue weighted by Gasteiger charge is -2.34. The SMILES string of the molecule is COC(=O)CCNC(=O)c1ccc(NC(=O)N2CC(C)CC(C(=O)O)C2)cc1. The Morgan fingerprint density at radius 3 is 2.46 bits per heavy atom. The molecule has 1 aliphatic heterocycles.